The molecular formula is C19H22BrNO2S. The van der Waals surface area contributed by atoms with E-state index < -0.39 is 0 Å². The second-order valence-electron chi connectivity index (χ2n) is 5.57. The van der Waals surface area contributed by atoms with Crippen molar-refractivity contribution in [2.75, 3.05) is 11.6 Å². The Kier molecular flexibility index (Phi) is 6.75. The van der Waals surface area contributed by atoms with Gasteiger partial charge < -0.3 is 10.1 Å². The predicted octanol–water partition coefficient (Wildman–Crippen LogP) is 6.10. The fourth-order valence-electron chi connectivity index (χ4n) is 2.52. The van der Waals surface area contributed by atoms with Gasteiger partial charge in [-0.15, -0.1) is 0 Å². The number of anilines is 1. The van der Waals surface area contributed by atoms with E-state index in [4.69, 9.17) is 4.74 Å². The average molecular weight is 408 g/mol. The molecular weight excluding hydrogens is 386 g/mol. The van der Waals surface area contributed by atoms with Crippen LogP contribution in [0.15, 0.2) is 34.8 Å². The second-order valence-corrected chi connectivity index (χ2v) is 7.20. The monoisotopic (exact) mass is 407 g/mol. The van der Waals surface area contributed by atoms with Crippen LogP contribution in [0.1, 0.15) is 29.2 Å². The van der Waals surface area contributed by atoms with E-state index in [0.717, 1.165) is 45.2 Å². The second kappa shape index (κ2) is 8.58. The first-order valence-electron chi connectivity index (χ1n) is 7.81. The summed E-state index contributed by atoms with van der Waals surface area (Å²) in [7, 11) is 0. The Morgan fingerprint density at radius 2 is 2.00 bits per heavy atom. The number of hydrogen-bond acceptors (Lipinski definition) is 3. The highest BCUT2D eigenvalue weighted by atomic mass is 79.9. The van der Waals surface area contributed by atoms with Crippen molar-refractivity contribution in [3.05, 3.63) is 57.1 Å². The van der Waals surface area contributed by atoms with Gasteiger partial charge >= 0.3 is 0 Å². The van der Waals surface area contributed by atoms with Crippen LogP contribution in [0.25, 0.3) is 0 Å². The van der Waals surface area contributed by atoms with E-state index in [9.17, 15) is 4.79 Å². The molecule has 0 unspecified atom stereocenters. The third-order valence-electron chi connectivity index (χ3n) is 3.93. The molecule has 0 aliphatic rings. The van der Waals surface area contributed by atoms with E-state index >= 15 is 0 Å². The Bertz CT molecular complexity index is 746. The van der Waals surface area contributed by atoms with Gasteiger partial charge in [0, 0.05) is 15.7 Å². The van der Waals surface area contributed by atoms with Crippen molar-refractivity contribution in [2.45, 2.75) is 33.8 Å². The number of aryl methyl sites for hydroxylation is 3. The maximum atomic E-state index is 11.7. The molecule has 5 heteroatoms. The molecule has 0 spiro atoms. The van der Waals surface area contributed by atoms with Gasteiger partial charge in [0.2, 0.25) is 0 Å². The van der Waals surface area contributed by atoms with Gasteiger partial charge in [0.15, 0.2) is 0 Å². The minimum Gasteiger partial charge on any atom is -0.489 e. The first-order chi connectivity index (χ1) is 11.5. The summed E-state index contributed by atoms with van der Waals surface area (Å²) >= 11 is 4.70. The summed E-state index contributed by atoms with van der Waals surface area (Å²) in [5.74, 6) is 0.877. The van der Waals surface area contributed by atoms with E-state index in [-0.39, 0.29) is 5.24 Å². The number of hydrogen-bond donors (Lipinski definition) is 1. The van der Waals surface area contributed by atoms with Gasteiger partial charge in [-0.2, -0.15) is 0 Å². The molecule has 0 aliphatic heterocycles. The zero-order chi connectivity index (χ0) is 17.7. The number of rotatable bonds is 5. The quantitative estimate of drug-likeness (QED) is 0.650. The van der Waals surface area contributed by atoms with E-state index in [1.807, 2.05) is 18.2 Å². The summed E-state index contributed by atoms with van der Waals surface area (Å²) < 4.78 is 6.97. The summed E-state index contributed by atoms with van der Waals surface area (Å²) in [6.07, 6.45) is 2.77. The maximum absolute atomic E-state index is 11.7. The number of carbonyl (C=O) groups is 1. The number of nitrogens with one attached hydrogen (secondary N) is 1. The Labute approximate surface area is 156 Å². The summed E-state index contributed by atoms with van der Waals surface area (Å²) in [5, 5.41) is 2.81. The van der Waals surface area contributed by atoms with Crippen LogP contribution < -0.4 is 10.1 Å². The summed E-state index contributed by atoms with van der Waals surface area (Å²) in [5.41, 5.74) is 5.40. The van der Waals surface area contributed by atoms with Gasteiger partial charge in [0.25, 0.3) is 5.24 Å². The number of halogens is 1. The van der Waals surface area contributed by atoms with Gasteiger partial charge in [-0.25, -0.2) is 0 Å². The highest BCUT2D eigenvalue weighted by Crippen LogP contribution is 2.29. The lowest BCUT2D eigenvalue weighted by molar-refractivity contribution is 0.269. The minimum absolute atomic E-state index is 0.0892. The van der Waals surface area contributed by atoms with E-state index in [1.54, 1.807) is 6.26 Å². The van der Waals surface area contributed by atoms with Crippen LogP contribution in [0.5, 0.6) is 5.75 Å². The number of thioether (sulfide) groups is 1. The lowest BCUT2D eigenvalue weighted by Crippen LogP contribution is -2.09. The molecule has 0 saturated carbocycles. The Morgan fingerprint density at radius 3 is 2.67 bits per heavy atom. The molecule has 0 saturated heterocycles. The van der Waals surface area contributed by atoms with Gasteiger partial charge in [0.05, 0.1) is 0 Å². The van der Waals surface area contributed by atoms with Crippen molar-refractivity contribution in [1.29, 1.82) is 0 Å². The van der Waals surface area contributed by atoms with Crippen molar-refractivity contribution < 1.29 is 9.53 Å². The van der Waals surface area contributed by atoms with Gasteiger partial charge in [0.1, 0.15) is 12.4 Å². The highest BCUT2D eigenvalue weighted by Gasteiger charge is 2.12. The van der Waals surface area contributed by atoms with Crippen molar-refractivity contribution in [3.63, 3.8) is 0 Å². The molecule has 3 nitrogen and oxygen atoms in total. The number of carbonyl (C=O) groups excluding carboxylic acids is 1. The number of amides is 1. The Balaban J connectivity index is 2.23. The summed E-state index contributed by atoms with van der Waals surface area (Å²) in [6, 6.07) is 10.0. The lowest BCUT2D eigenvalue weighted by Gasteiger charge is -2.16. The first-order valence-corrected chi connectivity index (χ1v) is 9.83. The van der Waals surface area contributed by atoms with Crippen molar-refractivity contribution >= 4 is 38.6 Å². The number of ether oxygens (including phenoxy) is 1. The van der Waals surface area contributed by atoms with E-state index in [2.05, 4.69) is 54.2 Å². The normalized spacial score (nSPS) is 10.5. The average Bonchev–Trinajstić information content (AvgIpc) is 2.56. The molecule has 0 radical (unpaired) electrons. The highest BCUT2D eigenvalue weighted by molar-refractivity contribution is 9.10. The van der Waals surface area contributed by atoms with Crippen LogP contribution in [0.4, 0.5) is 10.5 Å². The predicted molar refractivity (Wildman–Crippen MR) is 106 cm³/mol. The van der Waals surface area contributed by atoms with E-state index in [0.29, 0.717) is 6.61 Å². The molecule has 24 heavy (non-hydrogen) atoms. The largest absolute Gasteiger partial charge is 0.489 e. The molecule has 128 valence electrons. The SMILES string of the molecule is CCc1cc(C)c(OCc2c(Br)cccc2NC(=O)SC)cc1C. The molecule has 2 aromatic carbocycles. The van der Waals surface area contributed by atoms with Crippen LogP contribution in [-0.2, 0) is 13.0 Å². The fourth-order valence-corrected chi connectivity index (χ4v) is 3.21. The van der Waals surface area contributed by atoms with Crippen LogP contribution in [0, 0.1) is 13.8 Å². The minimum atomic E-state index is -0.0892. The van der Waals surface area contributed by atoms with Crippen LogP contribution in [0.3, 0.4) is 0 Å². The van der Waals surface area contributed by atoms with Crippen LogP contribution >= 0.6 is 27.7 Å². The molecule has 1 N–H and O–H groups in total. The molecule has 2 rings (SSSR count). The zero-order valence-electron chi connectivity index (χ0n) is 14.4. The van der Waals surface area contributed by atoms with Crippen LogP contribution in [0.2, 0.25) is 0 Å². The summed E-state index contributed by atoms with van der Waals surface area (Å²) in [4.78, 5) is 11.7. The Hall–Kier alpha value is -1.46. The lowest BCUT2D eigenvalue weighted by atomic mass is 10.0. The first kappa shape index (κ1) is 18.9. The third kappa shape index (κ3) is 4.54. The zero-order valence-corrected chi connectivity index (χ0v) is 16.8. The third-order valence-corrected chi connectivity index (χ3v) is 5.14. The van der Waals surface area contributed by atoms with Gasteiger partial charge in [-0.3, -0.25) is 4.79 Å². The smallest absolute Gasteiger partial charge is 0.283 e. The topological polar surface area (TPSA) is 38.3 Å². The standard InChI is InChI=1S/C19H22BrNO2S/c1-5-14-9-13(3)18(10-12(14)2)23-11-15-16(20)7-6-8-17(15)21-19(22)24-4/h6-10H,5,11H2,1-4H3,(H,21,22). The molecule has 2 aromatic rings. The van der Waals surface area contributed by atoms with Gasteiger partial charge in [-0.05, 0) is 61.4 Å². The van der Waals surface area contributed by atoms with Crippen molar-refractivity contribution in [3.8, 4) is 5.75 Å². The molecule has 0 bridgehead atoms. The molecule has 0 aliphatic carbocycles. The Morgan fingerprint density at radius 1 is 1.25 bits per heavy atom. The summed E-state index contributed by atoms with van der Waals surface area (Å²) in [6.45, 7) is 6.71. The molecule has 0 heterocycles. The maximum Gasteiger partial charge on any atom is 0.283 e. The van der Waals surface area contributed by atoms with E-state index in [1.165, 1.54) is 11.1 Å². The molecule has 1 amide bonds. The molecule has 0 aromatic heterocycles. The fraction of sp³-hybridized carbons (Fsp3) is 0.316. The van der Waals surface area contributed by atoms with Crippen LogP contribution in [-0.4, -0.2) is 11.5 Å². The molecule has 0 atom stereocenters. The van der Waals surface area contributed by atoms with Crippen molar-refractivity contribution in [1.82, 2.24) is 0 Å². The molecule has 0 fully saturated rings. The van der Waals surface area contributed by atoms with Gasteiger partial charge in [-0.1, -0.05) is 46.7 Å². The van der Waals surface area contributed by atoms with Crippen molar-refractivity contribution in [2.24, 2.45) is 0 Å². The number of benzene rings is 2.